The third kappa shape index (κ3) is 6.47. The summed E-state index contributed by atoms with van der Waals surface area (Å²) in [5.41, 5.74) is 1.99. The molecular weight excluding hydrogens is 438 g/mol. The number of aromatic amines is 1. The molecule has 3 aromatic rings. The summed E-state index contributed by atoms with van der Waals surface area (Å²) in [4.78, 5) is 41.0. The van der Waals surface area contributed by atoms with E-state index < -0.39 is 22.8 Å². The van der Waals surface area contributed by atoms with Crippen molar-refractivity contribution in [3.8, 4) is 0 Å². The number of H-pyrrole nitrogens is 1. The molecule has 0 bridgehead atoms. The third-order valence-electron chi connectivity index (χ3n) is 3.86. The number of imidazole rings is 1. The van der Waals surface area contributed by atoms with Crippen LogP contribution in [0.3, 0.4) is 0 Å². The first kappa shape index (κ1) is 22.6. The average molecular weight is 457 g/mol. The lowest BCUT2D eigenvalue weighted by Gasteiger charge is -2.03. The number of nitrogens with one attached hydrogen (secondary N) is 3. The van der Waals surface area contributed by atoms with Gasteiger partial charge in [-0.1, -0.05) is 24.4 Å². The molecule has 0 aliphatic rings. The molecule has 166 valence electrons. The van der Waals surface area contributed by atoms with Crippen molar-refractivity contribution in [1.82, 2.24) is 15.3 Å². The van der Waals surface area contributed by atoms with Crippen molar-refractivity contribution in [3.63, 3.8) is 0 Å². The molecule has 0 spiro atoms. The Morgan fingerprint density at radius 3 is 2.94 bits per heavy atom. The molecule has 0 radical (unpaired) electrons. The summed E-state index contributed by atoms with van der Waals surface area (Å²) in [6, 6.07) is 7.83. The van der Waals surface area contributed by atoms with Gasteiger partial charge in [0.05, 0.1) is 17.1 Å². The van der Waals surface area contributed by atoms with Gasteiger partial charge in [0.25, 0.3) is 0 Å². The van der Waals surface area contributed by atoms with Crippen LogP contribution in [0.15, 0.2) is 58.6 Å². The predicted molar refractivity (Wildman–Crippen MR) is 119 cm³/mol. The Bertz CT molecular complexity index is 1170. The molecule has 0 unspecified atom stereocenters. The van der Waals surface area contributed by atoms with E-state index in [2.05, 4.69) is 27.2 Å². The SMILES string of the molecule is C=CCOC(=O)NCCSc1nc2cc(NC(=O)/C=C/c3ccc([N+](=O)[O-])o3)ccc2[nH]1. The molecule has 2 amide bonds. The van der Waals surface area contributed by atoms with Crippen LogP contribution in [0.25, 0.3) is 17.1 Å². The summed E-state index contributed by atoms with van der Waals surface area (Å²) < 4.78 is 9.78. The number of amides is 2. The topological polar surface area (TPSA) is 152 Å². The largest absolute Gasteiger partial charge is 0.445 e. The summed E-state index contributed by atoms with van der Waals surface area (Å²) in [6.07, 6.45) is 3.54. The number of nitro groups is 1. The number of thioether (sulfide) groups is 1. The van der Waals surface area contributed by atoms with E-state index in [4.69, 9.17) is 9.15 Å². The van der Waals surface area contributed by atoms with Crippen LogP contribution in [-0.4, -0.2) is 45.8 Å². The van der Waals surface area contributed by atoms with Crippen LogP contribution in [-0.2, 0) is 9.53 Å². The van der Waals surface area contributed by atoms with Gasteiger partial charge in [-0.2, -0.15) is 0 Å². The van der Waals surface area contributed by atoms with Crippen LogP contribution in [0, 0.1) is 10.1 Å². The zero-order chi connectivity index (χ0) is 22.9. The van der Waals surface area contributed by atoms with Crippen molar-refractivity contribution in [2.45, 2.75) is 5.16 Å². The molecule has 3 N–H and O–H groups in total. The van der Waals surface area contributed by atoms with Gasteiger partial charge >= 0.3 is 12.0 Å². The third-order valence-corrected chi connectivity index (χ3v) is 4.74. The highest BCUT2D eigenvalue weighted by Gasteiger charge is 2.10. The Morgan fingerprint density at radius 2 is 2.19 bits per heavy atom. The fourth-order valence-electron chi connectivity index (χ4n) is 2.49. The van der Waals surface area contributed by atoms with Gasteiger partial charge in [-0.15, -0.1) is 0 Å². The lowest BCUT2D eigenvalue weighted by molar-refractivity contribution is -0.402. The van der Waals surface area contributed by atoms with Crippen molar-refractivity contribution in [2.75, 3.05) is 24.2 Å². The van der Waals surface area contributed by atoms with Crippen molar-refractivity contribution < 1.29 is 23.7 Å². The zero-order valence-corrected chi connectivity index (χ0v) is 17.5. The number of hydrogen-bond acceptors (Lipinski definition) is 8. The number of carbonyl (C=O) groups is 2. The van der Waals surface area contributed by atoms with E-state index in [1.165, 1.54) is 42.1 Å². The maximum atomic E-state index is 12.1. The molecule has 0 aliphatic heterocycles. The molecule has 2 aromatic heterocycles. The maximum Gasteiger partial charge on any atom is 0.433 e. The average Bonchev–Trinajstić information content (AvgIpc) is 3.40. The number of furan rings is 1. The lowest BCUT2D eigenvalue weighted by atomic mass is 10.2. The molecule has 0 saturated carbocycles. The van der Waals surface area contributed by atoms with E-state index in [-0.39, 0.29) is 12.4 Å². The monoisotopic (exact) mass is 457 g/mol. The Balaban J connectivity index is 1.52. The molecule has 12 heteroatoms. The molecule has 0 fully saturated rings. The van der Waals surface area contributed by atoms with Crippen molar-refractivity contribution in [1.29, 1.82) is 0 Å². The second-order valence-electron chi connectivity index (χ2n) is 6.19. The highest BCUT2D eigenvalue weighted by atomic mass is 32.2. The minimum atomic E-state index is -0.655. The van der Waals surface area contributed by atoms with Crippen molar-refractivity contribution in [3.05, 3.63) is 64.9 Å². The second-order valence-corrected chi connectivity index (χ2v) is 7.28. The Labute approximate surface area is 186 Å². The van der Waals surface area contributed by atoms with Crippen LogP contribution >= 0.6 is 11.8 Å². The van der Waals surface area contributed by atoms with Gasteiger partial charge in [-0.25, -0.2) is 9.78 Å². The summed E-state index contributed by atoms with van der Waals surface area (Å²) in [5, 5.41) is 16.6. The van der Waals surface area contributed by atoms with E-state index in [0.717, 1.165) is 5.52 Å². The number of anilines is 1. The molecule has 2 heterocycles. The number of fused-ring (bicyclic) bond motifs is 1. The van der Waals surface area contributed by atoms with Crippen molar-refractivity contribution in [2.24, 2.45) is 0 Å². The molecule has 0 atom stereocenters. The Morgan fingerprint density at radius 1 is 1.34 bits per heavy atom. The minimum absolute atomic E-state index is 0.155. The Kier molecular flexibility index (Phi) is 7.65. The van der Waals surface area contributed by atoms with Crippen LogP contribution < -0.4 is 10.6 Å². The molecule has 3 rings (SSSR count). The number of carbonyl (C=O) groups excluding carboxylic acids is 2. The first-order chi connectivity index (χ1) is 15.4. The van der Waals surface area contributed by atoms with Crippen LogP contribution in [0.5, 0.6) is 0 Å². The number of aromatic nitrogens is 2. The molecular formula is C20H19N5O6S. The smallest absolute Gasteiger partial charge is 0.433 e. The first-order valence-electron chi connectivity index (χ1n) is 9.32. The van der Waals surface area contributed by atoms with Gasteiger partial charge in [0.15, 0.2) is 5.16 Å². The van der Waals surface area contributed by atoms with Gasteiger partial charge in [-0.05, 0) is 30.3 Å². The van der Waals surface area contributed by atoms with E-state index >= 15 is 0 Å². The number of benzene rings is 1. The summed E-state index contributed by atoms with van der Waals surface area (Å²) in [6.45, 7) is 4.03. The highest BCUT2D eigenvalue weighted by molar-refractivity contribution is 7.99. The predicted octanol–water partition coefficient (Wildman–Crippen LogP) is 3.72. The number of hydrogen-bond donors (Lipinski definition) is 3. The normalized spacial score (nSPS) is 10.9. The highest BCUT2D eigenvalue weighted by Crippen LogP contribution is 2.22. The van der Waals surface area contributed by atoms with Gasteiger partial charge in [0.1, 0.15) is 17.3 Å². The molecule has 0 aliphatic carbocycles. The van der Waals surface area contributed by atoms with Crippen LogP contribution in [0.1, 0.15) is 5.76 Å². The minimum Gasteiger partial charge on any atom is -0.445 e. The molecule has 1 aromatic carbocycles. The number of nitrogens with zero attached hydrogens (tertiary/aromatic N) is 2. The van der Waals surface area contributed by atoms with E-state index in [1.54, 1.807) is 18.2 Å². The number of ether oxygens (including phenoxy) is 1. The molecule has 32 heavy (non-hydrogen) atoms. The quantitative estimate of drug-likeness (QED) is 0.104. The standard InChI is InChI=1S/C20H19N5O6S/c1-2-10-30-20(27)21-9-11-32-19-23-15-6-3-13(12-16(15)24-19)22-17(26)7-4-14-5-8-18(31-14)25(28)29/h2-8,12H,1,9-11H2,(H,21,27)(H,22,26)(H,23,24)/b7-4+. The summed E-state index contributed by atoms with van der Waals surface area (Å²) in [5.74, 6) is -0.0451. The van der Waals surface area contributed by atoms with Crippen LogP contribution in [0.4, 0.5) is 16.4 Å². The van der Waals surface area contributed by atoms with Gasteiger partial charge in [0.2, 0.25) is 5.91 Å². The lowest BCUT2D eigenvalue weighted by Crippen LogP contribution is -2.26. The molecule has 11 nitrogen and oxygen atoms in total. The fourth-order valence-corrected chi connectivity index (χ4v) is 3.23. The van der Waals surface area contributed by atoms with Crippen molar-refractivity contribution >= 4 is 52.4 Å². The van der Waals surface area contributed by atoms with Gasteiger partial charge in [-0.3, -0.25) is 14.9 Å². The van der Waals surface area contributed by atoms with E-state index in [1.807, 2.05) is 0 Å². The number of alkyl carbamates (subject to hydrolysis) is 1. The first-order valence-corrected chi connectivity index (χ1v) is 10.3. The maximum absolute atomic E-state index is 12.1. The van der Waals surface area contributed by atoms with Gasteiger partial charge < -0.3 is 24.8 Å². The van der Waals surface area contributed by atoms with E-state index in [9.17, 15) is 19.7 Å². The zero-order valence-electron chi connectivity index (χ0n) is 16.7. The fraction of sp³-hybridized carbons (Fsp3) is 0.150. The Hall–Kier alpha value is -4.06. The van der Waals surface area contributed by atoms with Crippen LogP contribution in [0.2, 0.25) is 0 Å². The summed E-state index contributed by atoms with van der Waals surface area (Å²) in [7, 11) is 0. The van der Waals surface area contributed by atoms with E-state index in [0.29, 0.717) is 28.7 Å². The summed E-state index contributed by atoms with van der Waals surface area (Å²) >= 11 is 1.43. The molecule has 0 saturated heterocycles. The second kappa shape index (κ2) is 10.8. The number of rotatable bonds is 10. The van der Waals surface area contributed by atoms with Gasteiger partial charge in [0, 0.05) is 24.1 Å².